The van der Waals surface area contributed by atoms with E-state index >= 15 is 0 Å². The highest BCUT2D eigenvalue weighted by molar-refractivity contribution is 7.90. The average Bonchev–Trinajstić information content (AvgIpc) is 3.01. The predicted octanol–water partition coefficient (Wildman–Crippen LogP) is 3.72. The molecule has 0 unspecified atom stereocenters. The summed E-state index contributed by atoms with van der Waals surface area (Å²) in [6.07, 6.45) is 1.66. The number of fused-ring (bicyclic) bond motifs is 3. The minimum atomic E-state index is -4.02. The number of hydrogen-bond acceptors (Lipinski definition) is 4. The number of carbonyl (C=O) groups excluding carboxylic acids is 2. The first-order valence-electron chi connectivity index (χ1n) is 8.95. The quantitative estimate of drug-likeness (QED) is 0.524. The highest BCUT2D eigenvalue weighted by Gasteiger charge is 2.24. The van der Waals surface area contributed by atoms with Crippen LogP contribution in [0, 0.1) is 6.92 Å². The van der Waals surface area contributed by atoms with Crippen molar-refractivity contribution in [3.63, 3.8) is 0 Å². The van der Waals surface area contributed by atoms with Gasteiger partial charge in [-0.15, -0.1) is 0 Å². The molecule has 0 fully saturated rings. The number of Topliss-reactive ketones (excluding diaryl/α,β-unsaturated/α-hetero) is 1. The first-order valence-corrected chi connectivity index (χ1v) is 10.4. The van der Waals surface area contributed by atoms with E-state index in [1.54, 1.807) is 47.0 Å². The van der Waals surface area contributed by atoms with E-state index in [9.17, 15) is 18.0 Å². The Hall–Kier alpha value is -3.45. The van der Waals surface area contributed by atoms with Gasteiger partial charge in [0.1, 0.15) is 0 Å². The molecule has 0 bridgehead atoms. The van der Waals surface area contributed by atoms with Crippen LogP contribution < -0.4 is 4.72 Å². The Morgan fingerprint density at radius 3 is 2.28 bits per heavy atom. The van der Waals surface area contributed by atoms with Crippen molar-refractivity contribution in [2.24, 2.45) is 0 Å². The molecule has 2 aromatic heterocycles. The molecule has 0 saturated heterocycles. The minimum absolute atomic E-state index is 0.0168. The normalized spacial score (nSPS) is 11.7. The van der Waals surface area contributed by atoms with Crippen LogP contribution in [0.5, 0.6) is 0 Å². The second kappa shape index (κ2) is 6.86. The molecule has 0 atom stereocenters. The molecular weight excluding hydrogens is 388 g/mol. The van der Waals surface area contributed by atoms with Crippen LogP contribution in [0.1, 0.15) is 33.2 Å². The van der Waals surface area contributed by atoms with Crippen molar-refractivity contribution in [2.75, 3.05) is 0 Å². The fourth-order valence-corrected chi connectivity index (χ4v) is 4.29. The number of nitrogens with one attached hydrogen (secondary N) is 1. The average molecular weight is 406 g/mol. The van der Waals surface area contributed by atoms with E-state index in [1.165, 1.54) is 19.1 Å². The third-order valence-corrected chi connectivity index (χ3v) is 6.18. The number of nitrogens with zero attached hydrogens (tertiary/aromatic N) is 1. The third kappa shape index (κ3) is 3.30. The van der Waals surface area contributed by atoms with E-state index in [1.807, 2.05) is 19.1 Å². The van der Waals surface area contributed by atoms with E-state index in [4.69, 9.17) is 0 Å². The van der Waals surface area contributed by atoms with Gasteiger partial charge >= 0.3 is 0 Å². The molecule has 4 aromatic rings. The molecule has 4 rings (SSSR count). The monoisotopic (exact) mass is 406 g/mol. The van der Waals surface area contributed by atoms with Gasteiger partial charge in [-0.2, -0.15) is 0 Å². The van der Waals surface area contributed by atoms with Gasteiger partial charge in [-0.25, -0.2) is 13.1 Å². The highest BCUT2D eigenvalue weighted by Crippen LogP contribution is 2.27. The van der Waals surface area contributed by atoms with Crippen LogP contribution in [-0.2, 0) is 10.0 Å². The topological polar surface area (TPSA) is 84.7 Å². The Bertz CT molecular complexity index is 1380. The summed E-state index contributed by atoms with van der Waals surface area (Å²) in [4.78, 5) is 24.8. The van der Waals surface area contributed by atoms with E-state index in [0.717, 1.165) is 5.56 Å². The predicted molar refractivity (Wildman–Crippen MR) is 111 cm³/mol. The molecule has 0 spiro atoms. The number of rotatable bonds is 4. The Morgan fingerprint density at radius 2 is 1.59 bits per heavy atom. The van der Waals surface area contributed by atoms with Crippen LogP contribution in [0.15, 0.2) is 71.8 Å². The lowest BCUT2D eigenvalue weighted by molar-refractivity contribution is 0.0982. The largest absolute Gasteiger partial charge is 0.315 e. The zero-order valence-electron chi connectivity index (χ0n) is 15.8. The zero-order valence-corrected chi connectivity index (χ0v) is 16.7. The lowest BCUT2D eigenvalue weighted by atomic mass is 10.1. The van der Waals surface area contributed by atoms with Crippen LogP contribution in [0.25, 0.3) is 16.4 Å². The summed E-state index contributed by atoms with van der Waals surface area (Å²) in [6, 6.07) is 16.7. The Balaban J connectivity index is 1.85. The van der Waals surface area contributed by atoms with Gasteiger partial charge in [-0.05, 0) is 44.2 Å². The van der Waals surface area contributed by atoms with Gasteiger partial charge in [-0.3, -0.25) is 9.59 Å². The van der Waals surface area contributed by atoms with Crippen molar-refractivity contribution < 1.29 is 18.0 Å². The van der Waals surface area contributed by atoms with Crippen molar-refractivity contribution in [1.29, 1.82) is 0 Å². The first-order chi connectivity index (χ1) is 13.8. The maximum Gasteiger partial charge on any atom is 0.267 e. The van der Waals surface area contributed by atoms with Crippen molar-refractivity contribution in [3.05, 3.63) is 83.6 Å². The molecule has 6 nitrogen and oxygen atoms in total. The first kappa shape index (κ1) is 18.9. The van der Waals surface area contributed by atoms with Gasteiger partial charge in [0, 0.05) is 17.1 Å². The number of sulfonamides is 1. The molecule has 0 aliphatic heterocycles. The number of pyridine rings is 1. The summed E-state index contributed by atoms with van der Waals surface area (Å²) in [6.45, 7) is 3.32. The lowest BCUT2D eigenvalue weighted by Gasteiger charge is -2.07. The standard InChI is InChI=1S/C22H18N2O4S/c1-14-7-10-17(11-8-14)29(27,28)23-22(26)21-18-5-3-4-6-19(18)24-13-16(15(2)25)9-12-20(21)24/h3-13H,1-2H3,(H,23,26). The summed E-state index contributed by atoms with van der Waals surface area (Å²) in [5.41, 5.74) is 2.89. The molecule has 2 aromatic carbocycles. The Labute approximate surface area is 167 Å². The number of para-hydroxylation sites is 1. The van der Waals surface area contributed by atoms with Crippen molar-refractivity contribution in [3.8, 4) is 0 Å². The number of aromatic nitrogens is 1. The second-order valence-electron chi connectivity index (χ2n) is 6.87. The van der Waals surface area contributed by atoms with Crippen molar-refractivity contribution in [1.82, 2.24) is 9.12 Å². The van der Waals surface area contributed by atoms with Crippen molar-refractivity contribution in [2.45, 2.75) is 18.7 Å². The molecule has 29 heavy (non-hydrogen) atoms. The van der Waals surface area contributed by atoms with Crippen LogP contribution in [-0.4, -0.2) is 24.5 Å². The fourth-order valence-electron chi connectivity index (χ4n) is 3.33. The van der Waals surface area contributed by atoms with Crippen LogP contribution in [0.4, 0.5) is 0 Å². The Kier molecular flexibility index (Phi) is 4.47. The van der Waals surface area contributed by atoms with Gasteiger partial charge < -0.3 is 4.40 Å². The summed E-state index contributed by atoms with van der Waals surface area (Å²) >= 11 is 0. The van der Waals surface area contributed by atoms with Gasteiger partial charge in [-0.1, -0.05) is 35.9 Å². The van der Waals surface area contributed by atoms with Crippen LogP contribution in [0.2, 0.25) is 0 Å². The molecule has 0 aliphatic rings. The molecule has 2 heterocycles. The summed E-state index contributed by atoms with van der Waals surface area (Å²) in [5, 5.41) is 0.602. The van der Waals surface area contributed by atoms with Gasteiger partial charge in [0.2, 0.25) is 0 Å². The number of hydrogen-bond donors (Lipinski definition) is 1. The van der Waals surface area contributed by atoms with Crippen LogP contribution in [0.3, 0.4) is 0 Å². The van der Waals surface area contributed by atoms with E-state index < -0.39 is 15.9 Å². The molecule has 0 radical (unpaired) electrons. The van der Waals surface area contributed by atoms with E-state index in [-0.39, 0.29) is 16.2 Å². The number of aryl methyl sites for hydroxylation is 1. The van der Waals surface area contributed by atoms with Crippen LogP contribution >= 0.6 is 0 Å². The number of carbonyl (C=O) groups is 2. The SMILES string of the molecule is CC(=O)c1ccc2c(C(=O)NS(=O)(=O)c3ccc(C)cc3)c3ccccc3n2c1. The van der Waals surface area contributed by atoms with E-state index in [0.29, 0.717) is 22.0 Å². The zero-order chi connectivity index (χ0) is 20.8. The van der Waals surface area contributed by atoms with Crippen molar-refractivity contribution >= 4 is 38.1 Å². The minimum Gasteiger partial charge on any atom is -0.315 e. The third-order valence-electron chi connectivity index (χ3n) is 4.83. The molecule has 1 N–H and O–H groups in total. The number of ketones is 1. The molecule has 7 heteroatoms. The smallest absolute Gasteiger partial charge is 0.267 e. The molecular formula is C22H18N2O4S. The molecule has 0 saturated carbocycles. The molecule has 1 amide bonds. The maximum atomic E-state index is 13.0. The second-order valence-corrected chi connectivity index (χ2v) is 8.55. The number of benzene rings is 2. The lowest BCUT2D eigenvalue weighted by Crippen LogP contribution is -2.30. The Morgan fingerprint density at radius 1 is 0.897 bits per heavy atom. The van der Waals surface area contributed by atoms with Gasteiger partial charge in [0.15, 0.2) is 5.78 Å². The molecule has 146 valence electrons. The van der Waals surface area contributed by atoms with Gasteiger partial charge in [0.25, 0.3) is 15.9 Å². The number of amides is 1. The fraction of sp³-hybridized carbons (Fsp3) is 0.0909. The maximum absolute atomic E-state index is 13.0. The van der Waals surface area contributed by atoms with Gasteiger partial charge in [0.05, 0.1) is 21.5 Å². The summed E-state index contributed by atoms with van der Waals surface area (Å²) < 4.78 is 29.3. The molecule has 0 aliphatic carbocycles. The highest BCUT2D eigenvalue weighted by atomic mass is 32.2. The summed E-state index contributed by atoms with van der Waals surface area (Å²) in [7, 11) is -4.02. The summed E-state index contributed by atoms with van der Waals surface area (Å²) in [5.74, 6) is -0.822. The van der Waals surface area contributed by atoms with E-state index in [2.05, 4.69) is 4.72 Å².